The summed E-state index contributed by atoms with van der Waals surface area (Å²) in [5.41, 5.74) is 4.59. The number of hydrogen-bond donors (Lipinski definition) is 3. The van der Waals surface area contributed by atoms with E-state index < -0.39 is 28.9 Å². The zero-order valence-electron chi connectivity index (χ0n) is 14.4. The third kappa shape index (κ3) is 3.50. The molecule has 3 N–H and O–H groups in total. The molecule has 1 unspecified atom stereocenters. The Bertz CT molecular complexity index is 654. The molecule has 1 aromatic carbocycles. The van der Waals surface area contributed by atoms with Crippen LogP contribution in [0.5, 0.6) is 0 Å². The maximum atomic E-state index is 12.1. The number of rotatable bonds is 4. The van der Waals surface area contributed by atoms with E-state index >= 15 is 0 Å². The molecule has 1 aliphatic rings. The molecule has 1 atom stereocenters. The number of aryl methyl sites for hydroxylation is 1. The molecular formula is C17H23N3O4. The number of carbonyl (C=O) groups is 3. The van der Waals surface area contributed by atoms with Crippen LogP contribution in [-0.4, -0.2) is 30.1 Å². The van der Waals surface area contributed by atoms with Gasteiger partial charge in [0.2, 0.25) is 0 Å². The molecule has 0 radical (unpaired) electrons. The third-order valence-corrected chi connectivity index (χ3v) is 4.29. The SMILES string of the molecule is CCOC(=O)C1(NC(=O)NNC(=O)c2ccc(C)cc2)CC1(C)C. The Balaban J connectivity index is 1.92. The number of carbonyl (C=O) groups excluding carboxylic acids is 3. The Morgan fingerprint density at radius 3 is 2.21 bits per heavy atom. The molecule has 2 rings (SSSR count). The third-order valence-electron chi connectivity index (χ3n) is 4.29. The first-order valence-corrected chi connectivity index (χ1v) is 7.84. The highest BCUT2D eigenvalue weighted by molar-refractivity contribution is 5.96. The summed E-state index contributed by atoms with van der Waals surface area (Å²) in [6, 6.07) is 6.27. The van der Waals surface area contributed by atoms with Gasteiger partial charge in [-0.25, -0.2) is 15.0 Å². The number of hydrogen-bond acceptors (Lipinski definition) is 4. The molecule has 7 nitrogen and oxygen atoms in total. The van der Waals surface area contributed by atoms with E-state index in [4.69, 9.17) is 4.74 Å². The standard InChI is InChI=1S/C17H23N3O4/c1-5-24-14(22)17(10-16(17,3)4)18-15(23)20-19-13(21)12-8-6-11(2)7-9-12/h6-9H,5,10H2,1-4H3,(H,19,21)(H2,18,20,23). The van der Waals surface area contributed by atoms with Crippen LogP contribution in [0.15, 0.2) is 24.3 Å². The summed E-state index contributed by atoms with van der Waals surface area (Å²) in [5.74, 6) is -0.902. The van der Waals surface area contributed by atoms with Crippen LogP contribution in [0.4, 0.5) is 4.79 Å². The van der Waals surface area contributed by atoms with Gasteiger partial charge in [-0.05, 0) is 32.4 Å². The van der Waals surface area contributed by atoms with Crippen molar-refractivity contribution in [3.05, 3.63) is 35.4 Å². The molecule has 0 heterocycles. The number of ether oxygens (including phenoxy) is 1. The van der Waals surface area contributed by atoms with Gasteiger partial charge in [-0.15, -0.1) is 0 Å². The highest BCUT2D eigenvalue weighted by Crippen LogP contribution is 2.56. The molecular weight excluding hydrogens is 310 g/mol. The van der Waals surface area contributed by atoms with E-state index in [9.17, 15) is 14.4 Å². The van der Waals surface area contributed by atoms with Crippen molar-refractivity contribution < 1.29 is 19.1 Å². The molecule has 0 bridgehead atoms. The minimum absolute atomic E-state index is 0.240. The lowest BCUT2D eigenvalue weighted by Gasteiger charge is -2.20. The quantitative estimate of drug-likeness (QED) is 0.577. The smallest absolute Gasteiger partial charge is 0.334 e. The number of hydrazine groups is 1. The van der Waals surface area contributed by atoms with E-state index in [0.29, 0.717) is 12.0 Å². The van der Waals surface area contributed by atoms with E-state index in [1.165, 1.54) is 0 Å². The second-order valence-electron chi connectivity index (χ2n) is 6.59. The number of benzene rings is 1. The largest absolute Gasteiger partial charge is 0.464 e. The fourth-order valence-corrected chi connectivity index (χ4v) is 2.60. The van der Waals surface area contributed by atoms with Gasteiger partial charge < -0.3 is 10.1 Å². The average molecular weight is 333 g/mol. The van der Waals surface area contributed by atoms with Crippen molar-refractivity contribution >= 4 is 17.9 Å². The van der Waals surface area contributed by atoms with Gasteiger partial charge in [-0.1, -0.05) is 31.5 Å². The molecule has 7 heteroatoms. The van der Waals surface area contributed by atoms with Crippen molar-refractivity contribution in [1.29, 1.82) is 0 Å². The van der Waals surface area contributed by atoms with Gasteiger partial charge in [0, 0.05) is 11.0 Å². The van der Waals surface area contributed by atoms with Crippen LogP contribution in [-0.2, 0) is 9.53 Å². The molecule has 0 aliphatic heterocycles. The van der Waals surface area contributed by atoms with Crippen LogP contribution < -0.4 is 16.2 Å². The van der Waals surface area contributed by atoms with Crippen LogP contribution in [0.1, 0.15) is 43.1 Å². The Kier molecular flexibility index (Phi) is 4.82. The molecule has 1 aromatic rings. The van der Waals surface area contributed by atoms with Gasteiger partial charge >= 0.3 is 12.0 Å². The van der Waals surface area contributed by atoms with Crippen molar-refractivity contribution in [3.63, 3.8) is 0 Å². The van der Waals surface area contributed by atoms with E-state index in [1.807, 2.05) is 20.8 Å². The van der Waals surface area contributed by atoms with Crippen molar-refractivity contribution in [1.82, 2.24) is 16.2 Å². The monoisotopic (exact) mass is 333 g/mol. The van der Waals surface area contributed by atoms with Crippen LogP contribution in [0.25, 0.3) is 0 Å². The van der Waals surface area contributed by atoms with Gasteiger partial charge in [-0.2, -0.15) is 0 Å². The van der Waals surface area contributed by atoms with Gasteiger partial charge in [0.05, 0.1) is 6.61 Å². The van der Waals surface area contributed by atoms with Crippen LogP contribution >= 0.6 is 0 Å². The maximum Gasteiger partial charge on any atom is 0.334 e. The fraction of sp³-hybridized carbons (Fsp3) is 0.471. The van der Waals surface area contributed by atoms with Crippen molar-refractivity contribution in [2.75, 3.05) is 6.61 Å². The predicted octanol–water partition coefficient (Wildman–Crippen LogP) is 1.67. The molecule has 24 heavy (non-hydrogen) atoms. The fourth-order valence-electron chi connectivity index (χ4n) is 2.60. The molecule has 1 aliphatic carbocycles. The first-order chi connectivity index (χ1) is 11.2. The normalized spacial score (nSPS) is 20.7. The molecule has 0 saturated heterocycles. The number of nitrogens with one attached hydrogen (secondary N) is 3. The summed E-state index contributed by atoms with van der Waals surface area (Å²) in [6.45, 7) is 7.61. The number of urea groups is 1. The minimum Gasteiger partial charge on any atom is -0.464 e. The van der Waals surface area contributed by atoms with Gasteiger partial charge in [0.15, 0.2) is 0 Å². The summed E-state index contributed by atoms with van der Waals surface area (Å²) < 4.78 is 5.04. The molecule has 0 spiro atoms. The topological polar surface area (TPSA) is 96.5 Å². The second kappa shape index (κ2) is 6.51. The molecule has 130 valence electrons. The van der Waals surface area contributed by atoms with Gasteiger partial charge in [0.1, 0.15) is 5.54 Å². The Labute approximate surface area is 141 Å². The Morgan fingerprint density at radius 2 is 1.71 bits per heavy atom. The van der Waals surface area contributed by atoms with Crippen molar-refractivity contribution in [2.24, 2.45) is 5.41 Å². The van der Waals surface area contributed by atoms with Crippen molar-refractivity contribution in [3.8, 4) is 0 Å². The highest BCUT2D eigenvalue weighted by atomic mass is 16.5. The van der Waals surface area contributed by atoms with Gasteiger partial charge in [-0.3, -0.25) is 10.2 Å². The van der Waals surface area contributed by atoms with E-state index in [2.05, 4.69) is 16.2 Å². The Morgan fingerprint density at radius 1 is 1.12 bits per heavy atom. The predicted molar refractivity (Wildman–Crippen MR) is 88.1 cm³/mol. The average Bonchev–Trinajstić information content (AvgIpc) is 3.08. The summed E-state index contributed by atoms with van der Waals surface area (Å²) in [5, 5.41) is 2.62. The lowest BCUT2D eigenvalue weighted by Crippen LogP contribution is -2.55. The summed E-state index contributed by atoms with van der Waals surface area (Å²) in [4.78, 5) is 36.1. The van der Waals surface area contributed by atoms with Gasteiger partial charge in [0.25, 0.3) is 5.91 Å². The highest BCUT2D eigenvalue weighted by Gasteiger charge is 2.68. The second-order valence-corrected chi connectivity index (χ2v) is 6.59. The summed E-state index contributed by atoms with van der Waals surface area (Å²) >= 11 is 0. The maximum absolute atomic E-state index is 12.1. The van der Waals surface area contributed by atoms with Crippen LogP contribution in [0.2, 0.25) is 0 Å². The summed E-state index contributed by atoms with van der Waals surface area (Å²) in [6.07, 6.45) is 0.484. The minimum atomic E-state index is -1.05. The van der Waals surface area contributed by atoms with E-state index in [1.54, 1.807) is 31.2 Å². The molecule has 3 amide bonds. The number of amides is 3. The molecule has 0 aromatic heterocycles. The van der Waals surface area contributed by atoms with E-state index in [0.717, 1.165) is 5.56 Å². The molecule has 1 saturated carbocycles. The zero-order chi connectivity index (χ0) is 18.0. The lowest BCUT2D eigenvalue weighted by atomic mass is 10.1. The lowest BCUT2D eigenvalue weighted by molar-refractivity contribution is -0.147. The van der Waals surface area contributed by atoms with Crippen LogP contribution in [0.3, 0.4) is 0 Å². The zero-order valence-corrected chi connectivity index (χ0v) is 14.4. The van der Waals surface area contributed by atoms with E-state index in [-0.39, 0.29) is 6.61 Å². The first kappa shape index (κ1) is 17.8. The molecule has 1 fully saturated rings. The first-order valence-electron chi connectivity index (χ1n) is 7.84. The Hall–Kier alpha value is -2.57. The number of esters is 1. The van der Waals surface area contributed by atoms with Crippen LogP contribution in [0, 0.1) is 12.3 Å². The van der Waals surface area contributed by atoms with Crippen molar-refractivity contribution in [2.45, 2.75) is 39.7 Å². The summed E-state index contributed by atoms with van der Waals surface area (Å²) in [7, 11) is 0.